The van der Waals surface area contributed by atoms with Gasteiger partial charge < -0.3 is 4.42 Å². The first kappa shape index (κ1) is 9.24. The van der Waals surface area contributed by atoms with Crippen molar-refractivity contribution in [3.05, 3.63) is 33.9 Å². The number of rotatable bonds is 0. The molecule has 0 bridgehead atoms. The van der Waals surface area contributed by atoms with Gasteiger partial charge in [-0.15, -0.1) is 12.4 Å². The minimum atomic E-state index is 0. The first-order chi connectivity index (χ1) is 4.18. The Morgan fingerprint density at radius 1 is 1.20 bits per heavy atom. The minimum Gasteiger partial charge on any atom is -0.466 e. The maximum atomic E-state index is 10.7. The van der Waals surface area contributed by atoms with Crippen LogP contribution in [0, 0.1) is 13.8 Å². The summed E-state index contributed by atoms with van der Waals surface area (Å²) in [7, 11) is 0. The normalized spacial score (nSPS) is 8.60. The smallest absolute Gasteiger partial charge is 0.185 e. The summed E-state index contributed by atoms with van der Waals surface area (Å²) in [5.41, 5.74) is 0.0104. The van der Waals surface area contributed by atoms with E-state index in [1.54, 1.807) is 13.8 Å². The van der Waals surface area contributed by atoms with Crippen molar-refractivity contribution < 1.29 is 4.42 Å². The zero-order valence-electron chi connectivity index (χ0n) is 5.88. The van der Waals surface area contributed by atoms with Crippen molar-refractivity contribution in [3.8, 4) is 0 Å². The lowest BCUT2D eigenvalue weighted by atomic mass is 10.4. The monoisotopic (exact) mass is 160 g/mol. The van der Waals surface area contributed by atoms with Crippen molar-refractivity contribution in [2.45, 2.75) is 13.8 Å². The molecule has 1 heterocycles. The first-order valence-electron chi connectivity index (χ1n) is 2.77. The van der Waals surface area contributed by atoms with Crippen molar-refractivity contribution in [2.75, 3.05) is 0 Å². The fourth-order valence-electron chi connectivity index (χ4n) is 0.755. The molecule has 0 aliphatic rings. The van der Waals surface area contributed by atoms with Crippen LogP contribution in [-0.4, -0.2) is 0 Å². The molecule has 0 N–H and O–H groups in total. The van der Waals surface area contributed by atoms with Crippen LogP contribution in [0.2, 0.25) is 0 Å². The Morgan fingerprint density at radius 2 is 1.60 bits per heavy atom. The maximum absolute atomic E-state index is 10.7. The predicted molar refractivity (Wildman–Crippen MR) is 41.7 cm³/mol. The van der Waals surface area contributed by atoms with Crippen LogP contribution in [0.25, 0.3) is 0 Å². The molecule has 56 valence electrons. The predicted octanol–water partition coefficient (Wildman–Crippen LogP) is 1.68. The quantitative estimate of drug-likeness (QED) is 0.578. The fraction of sp³-hybridized carbons (Fsp3) is 0.286. The van der Waals surface area contributed by atoms with Crippen LogP contribution in [0.3, 0.4) is 0 Å². The van der Waals surface area contributed by atoms with E-state index >= 15 is 0 Å². The molecular formula is C7H9ClO2. The number of hydrogen-bond acceptors (Lipinski definition) is 2. The van der Waals surface area contributed by atoms with E-state index in [1.165, 1.54) is 12.1 Å². The van der Waals surface area contributed by atoms with Gasteiger partial charge in [0.25, 0.3) is 0 Å². The van der Waals surface area contributed by atoms with Crippen molar-refractivity contribution in [3.63, 3.8) is 0 Å². The third kappa shape index (κ3) is 2.23. The van der Waals surface area contributed by atoms with Gasteiger partial charge in [0.1, 0.15) is 11.5 Å². The molecule has 0 radical (unpaired) electrons. The molecule has 0 unspecified atom stereocenters. The van der Waals surface area contributed by atoms with Gasteiger partial charge in [-0.05, 0) is 13.8 Å². The molecule has 3 heteroatoms. The van der Waals surface area contributed by atoms with Crippen LogP contribution in [0.4, 0.5) is 0 Å². The summed E-state index contributed by atoms with van der Waals surface area (Å²) in [6.45, 7) is 3.52. The summed E-state index contributed by atoms with van der Waals surface area (Å²) in [6, 6.07) is 2.93. The average molecular weight is 161 g/mol. The van der Waals surface area contributed by atoms with Crippen molar-refractivity contribution in [1.82, 2.24) is 0 Å². The lowest BCUT2D eigenvalue weighted by molar-refractivity contribution is 0.484. The third-order valence-corrected chi connectivity index (χ3v) is 1.01. The Bertz CT molecular complexity index is 241. The van der Waals surface area contributed by atoms with Crippen LogP contribution in [0.1, 0.15) is 11.5 Å². The highest BCUT2D eigenvalue weighted by Crippen LogP contribution is 1.95. The lowest BCUT2D eigenvalue weighted by Crippen LogP contribution is -1.97. The van der Waals surface area contributed by atoms with Crippen LogP contribution in [-0.2, 0) is 0 Å². The number of halogens is 1. The summed E-state index contributed by atoms with van der Waals surface area (Å²) in [4.78, 5) is 10.7. The van der Waals surface area contributed by atoms with Gasteiger partial charge in [-0.3, -0.25) is 4.79 Å². The molecule has 0 saturated heterocycles. The zero-order chi connectivity index (χ0) is 6.85. The molecule has 0 aliphatic heterocycles. The molecule has 2 nitrogen and oxygen atoms in total. The van der Waals surface area contributed by atoms with Gasteiger partial charge in [-0.25, -0.2) is 0 Å². The van der Waals surface area contributed by atoms with E-state index in [0.717, 1.165) is 0 Å². The van der Waals surface area contributed by atoms with Gasteiger partial charge in [0.15, 0.2) is 5.43 Å². The van der Waals surface area contributed by atoms with E-state index in [-0.39, 0.29) is 17.8 Å². The summed E-state index contributed by atoms with van der Waals surface area (Å²) >= 11 is 0. The van der Waals surface area contributed by atoms with Crippen LogP contribution in [0.5, 0.6) is 0 Å². The SMILES string of the molecule is Cc1cc(=O)cc(C)o1.Cl. The molecule has 1 aromatic heterocycles. The molecule has 0 atom stereocenters. The summed E-state index contributed by atoms with van der Waals surface area (Å²) in [5, 5.41) is 0. The standard InChI is InChI=1S/C7H8O2.ClH/c1-5-3-7(8)4-6(2)9-5;/h3-4H,1-2H3;1H. The summed E-state index contributed by atoms with van der Waals surface area (Å²) in [6.07, 6.45) is 0. The number of hydrogen-bond donors (Lipinski definition) is 0. The molecule has 1 rings (SSSR count). The van der Waals surface area contributed by atoms with Crippen LogP contribution >= 0.6 is 12.4 Å². The molecule has 1 aromatic rings. The highest BCUT2D eigenvalue weighted by molar-refractivity contribution is 5.85. The topological polar surface area (TPSA) is 30.2 Å². The molecule has 0 saturated carbocycles. The van der Waals surface area contributed by atoms with E-state index < -0.39 is 0 Å². The van der Waals surface area contributed by atoms with E-state index in [9.17, 15) is 4.79 Å². The van der Waals surface area contributed by atoms with Gasteiger partial charge in [0.2, 0.25) is 0 Å². The van der Waals surface area contributed by atoms with Gasteiger partial charge >= 0.3 is 0 Å². The van der Waals surface area contributed by atoms with Crippen molar-refractivity contribution in [2.24, 2.45) is 0 Å². The highest BCUT2D eigenvalue weighted by atomic mass is 35.5. The maximum Gasteiger partial charge on any atom is 0.185 e. The van der Waals surface area contributed by atoms with Gasteiger partial charge in [0, 0.05) is 12.1 Å². The average Bonchev–Trinajstić information content (AvgIpc) is 1.59. The zero-order valence-corrected chi connectivity index (χ0v) is 6.70. The van der Waals surface area contributed by atoms with Crippen molar-refractivity contribution >= 4 is 12.4 Å². The van der Waals surface area contributed by atoms with Gasteiger partial charge in [0.05, 0.1) is 0 Å². The second kappa shape index (κ2) is 3.42. The Labute approximate surface area is 65.3 Å². The highest BCUT2D eigenvalue weighted by Gasteiger charge is 1.90. The molecule has 0 fully saturated rings. The Balaban J connectivity index is 0.000000810. The van der Waals surface area contributed by atoms with Crippen LogP contribution < -0.4 is 5.43 Å². The molecule has 0 aromatic carbocycles. The Kier molecular flexibility index (Phi) is 3.16. The molecule has 0 spiro atoms. The molecule has 0 amide bonds. The molecular weight excluding hydrogens is 152 g/mol. The third-order valence-electron chi connectivity index (χ3n) is 1.01. The largest absolute Gasteiger partial charge is 0.466 e. The molecule has 0 aliphatic carbocycles. The number of aryl methyl sites for hydroxylation is 2. The summed E-state index contributed by atoms with van der Waals surface area (Å²) < 4.78 is 5.06. The van der Waals surface area contributed by atoms with E-state index in [1.807, 2.05) is 0 Å². The molecule has 10 heavy (non-hydrogen) atoms. The first-order valence-corrected chi connectivity index (χ1v) is 2.77. The van der Waals surface area contributed by atoms with Crippen LogP contribution in [0.15, 0.2) is 21.3 Å². The second-order valence-corrected chi connectivity index (χ2v) is 2.01. The summed E-state index contributed by atoms with van der Waals surface area (Å²) in [5.74, 6) is 1.33. The lowest BCUT2D eigenvalue weighted by Gasteiger charge is -1.91. The Hall–Kier alpha value is -0.760. The van der Waals surface area contributed by atoms with Crippen molar-refractivity contribution in [1.29, 1.82) is 0 Å². The van der Waals surface area contributed by atoms with E-state index in [0.29, 0.717) is 11.5 Å². The van der Waals surface area contributed by atoms with Gasteiger partial charge in [-0.1, -0.05) is 0 Å². The Morgan fingerprint density at radius 3 is 1.90 bits per heavy atom. The van der Waals surface area contributed by atoms with E-state index in [4.69, 9.17) is 4.42 Å². The van der Waals surface area contributed by atoms with E-state index in [2.05, 4.69) is 0 Å². The second-order valence-electron chi connectivity index (χ2n) is 2.01. The fourth-order valence-corrected chi connectivity index (χ4v) is 0.755. The minimum absolute atomic E-state index is 0. The van der Waals surface area contributed by atoms with Gasteiger partial charge in [-0.2, -0.15) is 0 Å².